The van der Waals surface area contributed by atoms with Crippen LogP contribution in [-0.2, 0) is 4.79 Å². The van der Waals surface area contributed by atoms with Gasteiger partial charge in [-0.2, -0.15) is 0 Å². The molecule has 0 aromatic heterocycles. The molecule has 1 fully saturated rings. The van der Waals surface area contributed by atoms with Crippen LogP contribution in [-0.4, -0.2) is 12.3 Å². The van der Waals surface area contributed by atoms with Crippen LogP contribution in [0.5, 0.6) is 0 Å². The fourth-order valence-electron chi connectivity index (χ4n) is 1.12. The van der Waals surface area contributed by atoms with Crippen LogP contribution >= 0.6 is 0 Å². The molecule has 2 N–H and O–H groups in total. The van der Waals surface area contributed by atoms with Crippen molar-refractivity contribution in [2.24, 2.45) is 11.7 Å². The van der Waals surface area contributed by atoms with E-state index in [0.29, 0.717) is 0 Å². The monoisotopic (exact) mass is 112 g/mol. The maximum atomic E-state index is 9.97. The van der Waals surface area contributed by atoms with Gasteiger partial charge >= 0.3 is 0 Å². The average molecular weight is 112 g/mol. The zero-order valence-electron chi connectivity index (χ0n) is 4.76. The van der Waals surface area contributed by atoms with Crippen molar-refractivity contribution in [1.82, 2.24) is 0 Å². The topological polar surface area (TPSA) is 43.1 Å². The molecule has 0 bridgehead atoms. The fourth-order valence-corrected chi connectivity index (χ4v) is 1.12. The lowest BCUT2D eigenvalue weighted by molar-refractivity contribution is 0.520. The lowest BCUT2D eigenvalue weighted by atomic mass is 10.1. The first-order valence-electron chi connectivity index (χ1n) is 2.96. The van der Waals surface area contributed by atoms with Crippen molar-refractivity contribution in [3.05, 3.63) is 0 Å². The van der Waals surface area contributed by atoms with Gasteiger partial charge in [0, 0.05) is 12.0 Å². The first-order valence-corrected chi connectivity index (χ1v) is 2.96. The van der Waals surface area contributed by atoms with Crippen molar-refractivity contribution < 1.29 is 4.79 Å². The Hall–Kier alpha value is -0.370. The van der Waals surface area contributed by atoms with E-state index in [1.54, 1.807) is 0 Å². The van der Waals surface area contributed by atoms with Crippen LogP contribution in [0.2, 0.25) is 0 Å². The summed E-state index contributed by atoms with van der Waals surface area (Å²) in [6.07, 6.45) is 4.76. The van der Waals surface area contributed by atoms with E-state index in [0.717, 1.165) is 19.3 Å². The van der Waals surface area contributed by atoms with Gasteiger partial charge in [0.05, 0.1) is 0 Å². The molecule has 8 heavy (non-hydrogen) atoms. The van der Waals surface area contributed by atoms with Gasteiger partial charge in [-0.25, -0.2) is 0 Å². The maximum absolute atomic E-state index is 9.97. The molecule has 0 aliphatic heterocycles. The van der Waals surface area contributed by atoms with Crippen molar-refractivity contribution in [1.29, 1.82) is 0 Å². The third kappa shape index (κ3) is 1.07. The zero-order valence-corrected chi connectivity index (χ0v) is 4.76. The molecule has 0 aromatic carbocycles. The number of hydrogen-bond donors (Lipinski definition) is 1. The van der Waals surface area contributed by atoms with E-state index < -0.39 is 0 Å². The Labute approximate surface area is 49.1 Å². The summed E-state index contributed by atoms with van der Waals surface area (Å²) < 4.78 is 0. The third-order valence-corrected chi connectivity index (χ3v) is 1.64. The average Bonchev–Trinajstić information content (AvgIpc) is 2.14. The fraction of sp³-hybridized carbons (Fsp3) is 0.833. The van der Waals surface area contributed by atoms with E-state index in [9.17, 15) is 4.79 Å². The van der Waals surface area contributed by atoms with Gasteiger partial charge in [0.1, 0.15) is 0 Å². The van der Waals surface area contributed by atoms with E-state index in [1.807, 2.05) is 6.29 Å². The Bertz CT molecular complexity index is 92.5. The van der Waals surface area contributed by atoms with Crippen LogP contribution in [0.4, 0.5) is 0 Å². The molecule has 0 aromatic rings. The molecule has 1 rings (SSSR count). The molecule has 1 aliphatic carbocycles. The molecule has 1 radical (unpaired) electrons. The molecule has 2 nitrogen and oxygen atoms in total. The van der Waals surface area contributed by atoms with Crippen molar-refractivity contribution in [3.8, 4) is 0 Å². The lowest BCUT2D eigenvalue weighted by Gasteiger charge is -1.95. The van der Waals surface area contributed by atoms with Crippen LogP contribution in [0, 0.1) is 5.92 Å². The summed E-state index contributed by atoms with van der Waals surface area (Å²) in [7, 11) is 0. The molecule has 45 valence electrons. The van der Waals surface area contributed by atoms with Crippen molar-refractivity contribution >= 4 is 6.29 Å². The highest BCUT2D eigenvalue weighted by atomic mass is 16.1. The Balaban J connectivity index is 2.32. The van der Waals surface area contributed by atoms with Crippen LogP contribution in [0.3, 0.4) is 0 Å². The van der Waals surface area contributed by atoms with Gasteiger partial charge in [0.25, 0.3) is 0 Å². The minimum atomic E-state index is 0.144. The highest BCUT2D eigenvalue weighted by molar-refractivity contribution is 5.55. The predicted molar refractivity (Wildman–Crippen MR) is 31.0 cm³/mol. The molecule has 0 saturated heterocycles. The van der Waals surface area contributed by atoms with E-state index in [2.05, 4.69) is 0 Å². The molecule has 1 saturated carbocycles. The molecular weight excluding hydrogens is 102 g/mol. The van der Waals surface area contributed by atoms with Crippen LogP contribution in [0.15, 0.2) is 0 Å². The Morgan fingerprint density at radius 2 is 2.25 bits per heavy atom. The summed E-state index contributed by atoms with van der Waals surface area (Å²) in [6, 6.07) is 0.265. The summed E-state index contributed by atoms with van der Waals surface area (Å²) in [6.45, 7) is 0. The Morgan fingerprint density at radius 3 is 2.50 bits per heavy atom. The second kappa shape index (κ2) is 2.27. The van der Waals surface area contributed by atoms with E-state index >= 15 is 0 Å². The molecule has 0 unspecified atom stereocenters. The standard InChI is InChI=1S/C6H10NO/c7-6-2-1-5(3-6)4-8/h5-6H,1-3,7H2/t5-,6+/m1/s1. The second-order valence-corrected chi connectivity index (χ2v) is 2.39. The highest BCUT2D eigenvalue weighted by Crippen LogP contribution is 2.21. The summed E-state index contributed by atoms with van der Waals surface area (Å²) in [4.78, 5) is 9.97. The zero-order chi connectivity index (χ0) is 5.98. The molecule has 0 amide bonds. The molecular formula is C6H10NO. The minimum absolute atomic E-state index is 0.144. The second-order valence-electron chi connectivity index (χ2n) is 2.39. The molecule has 2 heteroatoms. The third-order valence-electron chi connectivity index (χ3n) is 1.64. The molecule has 0 heterocycles. The van der Waals surface area contributed by atoms with Crippen molar-refractivity contribution in [2.45, 2.75) is 25.3 Å². The maximum Gasteiger partial charge on any atom is 0.201 e. The summed E-state index contributed by atoms with van der Waals surface area (Å²) in [5.74, 6) is 0.144. The number of carbonyl (C=O) groups excluding carboxylic acids is 1. The van der Waals surface area contributed by atoms with Gasteiger partial charge in [-0.05, 0) is 19.3 Å². The predicted octanol–water partition coefficient (Wildman–Crippen LogP) is 0.224. The smallest absolute Gasteiger partial charge is 0.201 e. The highest BCUT2D eigenvalue weighted by Gasteiger charge is 2.20. The Morgan fingerprint density at radius 1 is 1.50 bits per heavy atom. The van der Waals surface area contributed by atoms with Crippen molar-refractivity contribution in [2.75, 3.05) is 0 Å². The number of rotatable bonds is 1. The SMILES string of the molecule is N[C@H]1CC[C@@H]([C]=O)C1. The summed E-state index contributed by atoms with van der Waals surface area (Å²) >= 11 is 0. The number of nitrogens with two attached hydrogens (primary N) is 1. The van der Waals surface area contributed by atoms with Crippen LogP contribution in [0.25, 0.3) is 0 Å². The van der Waals surface area contributed by atoms with Crippen LogP contribution in [0.1, 0.15) is 19.3 Å². The van der Waals surface area contributed by atoms with Gasteiger partial charge in [-0.3, -0.25) is 4.79 Å². The normalized spacial score (nSPS) is 37.6. The van der Waals surface area contributed by atoms with Gasteiger partial charge < -0.3 is 5.73 Å². The molecule has 1 aliphatic rings. The Kier molecular flexibility index (Phi) is 1.63. The van der Waals surface area contributed by atoms with Gasteiger partial charge in [-0.1, -0.05) is 0 Å². The van der Waals surface area contributed by atoms with Crippen LogP contribution < -0.4 is 5.73 Å². The van der Waals surface area contributed by atoms with E-state index in [1.165, 1.54) is 0 Å². The molecule has 2 atom stereocenters. The first-order chi connectivity index (χ1) is 3.83. The minimum Gasteiger partial charge on any atom is -0.328 e. The van der Waals surface area contributed by atoms with Gasteiger partial charge in [-0.15, -0.1) is 0 Å². The summed E-state index contributed by atoms with van der Waals surface area (Å²) in [5.41, 5.74) is 5.52. The summed E-state index contributed by atoms with van der Waals surface area (Å²) in [5, 5.41) is 0. The van der Waals surface area contributed by atoms with E-state index in [-0.39, 0.29) is 12.0 Å². The largest absolute Gasteiger partial charge is 0.328 e. The first kappa shape index (κ1) is 5.76. The van der Waals surface area contributed by atoms with Gasteiger partial charge in [0.15, 0.2) is 0 Å². The van der Waals surface area contributed by atoms with E-state index in [4.69, 9.17) is 5.73 Å². The lowest BCUT2D eigenvalue weighted by Crippen LogP contribution is -2.14. The quantitative estimate of drug-likeness (QED) is 0.527. The van der Waals surface area contributed by atoms with Crippen molar-refractivity contribution in [3.63, 3.8) is 0 Å². The number of hydrogen-bond acceptors (Lipinski definition) is 2. The van der Waals surface area contributed by atoms with Gasteiger partial charge in [0.2, 0.25) is 6.29 Å². The molecule has 0 spiro atoms.